The molecule has 0 spiro atoms. The van der Waals surface area contributed by atoms with E-state index in [9.17, 15) is 4.79 Å². The molecule has 21 heavy (non-hydrogen) atoms. The molecular formula is C16H18Br2N2O. The molecule has 3 nitrogen and oxygen atoms in total. The van der Waals surface area contributed by atoms with Gasteiger partial charge in [0.1, 0.15) is 0 Å². The molecule has 2 aromatic rings. The van der Waals surface area contributed by atoms with Crippen LogP contribution in [0.25, 0.3) is 0 Å². The fraction of sp³-hybridized carbons (Fsp3) is 0.188. The molecule has 0 aromatic heterocycles. The molecule has 0 unspecified atom stereocenters. The minimum absolute atomic E-state index is 0.385. The van der Waals surface area contributed by atoms with Gasteiger partial charge >= 0.3 is 0 Å². The van der Waals surface area contributed by atoms with Crippen molar-refractivity contribution in [2.75, 3.05) is 0 Å². The Bertz CT molecular complexity index is 642. The van der Waals surface area contributed by atoms with Gasteiger partial charge in [0.2, 0.25) is 5.91 Å². The highest BCUT2D eigenvalue weighted by Crippen LogP contribution is 2.19. The summed E-state index contributed by atoms with van der Waals surface area (Å²) in [6.07, 6.45) is 0. The number of amides is 1. The first-order valence-electron chi connectivity index (χ1n) is 6.37. The summed E-state index contributed by atoms with van der Waals surface area (Å²) in [4.78, 5) is 10.8. The van der Waals surface area contributed by atoms with Crippen LogP contribution < -0.4 is 11.5 Å². The van der Waals surface area contributed by atoms with Crippen molar-refractivity contribution in [2.24, 2.45) is 11.5 Å². The Balaban J connectivity index is 0.000000211. The number of hydrogen-bond acceptors (Lipinski definition) is 2. The SMILES string of the molecule is Cc1c(Br)cccc1C(N)=O.Cc1c(Br)cccc1CN. The molecule has 0 saturated heterocycles. The maximum absolute atomic E-state index is 10.8. The topological polar surface area (TPSA) is 69.1 Å². The van der Waals surface area contributed by atoms with Crippen molar-refractivity contribution in [1.29, 1.82) is 0 Å². The quantitative estimate of drug-likeness (QED) is 0.778. The van der Waals surface area contributed by atoms with Gasteiger partial charge in [-0.2, -0.15) is 0 Å². The molecule has 112 valence electrons. The lowest BCUT2D eigenvalue weighted by Crippen LogP contribution is -2.12. The average Bonchev–Trinajstić information content (AvgIpc) is 2.45. The molecule has 0 bridgehead atoms. The Labute approximate surface area is 142 Å². The smallest absolute Gasteiger partial charge is 0.249 e. The molecule has 2 aromatic carbocycles. The van der Waals surface area contributed by atoms with Crippen LogP contribution in [-0.4, -0.2) is 5.91 Å². The first kappa shape index (κ1) is 17.9. The van der Waals surface area contributed by atoms with E-state index in [1.54, 1.807) is 12.1 Å². The average molecular weight is 414 g/mol. The van der Waals surface area contributed by atoms with Gasteiger partial charge in [-0.15, -0.1) is 0 Å². The van der Waals surface area contributed by atoms with Crippen LogP contribution in [0.4, 0.5) is 0 Å². The fourth-order valence-corrected chi connectivity index (χ4v) is 2.52. The standard InChI is InChI=1S/C8H8BrNO.C8H10BrN/c1-5-6(8(10)11)3-2-4-7(5)9;1-6-7(5-10)3-2-4-8(6)9/h2-4H,1H3,(H2,10,11);2-4H,5,10H2,1H3. The van der Waals surface area contributed by atoms with Crippen LogP contribution in [0.3, 0.4) is 0 Å². The number of carbonyl (C=O) groups is 1. The summed E-state index contributed by atoms with van der Waals surface area (Å²) >= 11 is 6.74. The monoisotopic (exact) mass is 412 g/mol. The molecule has 2 rings (SSSR count). The van der Waals surface area contributed by atoms with E-state index in [-0.39, 0.29) is 5.91 Å². The first-order chi connectivity index (χ1) is 9.88. The van der Waals surface area contributed by atoms with Crippen LogP contribution in [0.5, 0.6) is 0 Å². The number of nitrogens with two attached hydrogens (primary N) is 2. The zero-order valence-corrected chi connectivity index (χ0v) is 15.2. The Hall–Kier alpha value is -1.17. The van der Waals surface area contributed by atoms with Crippen LogP contribution in [0.2, 0.25) is 0 Å². The maximum atomic E-state index is 10.8. The van der Waals surface area contributed by atoms with E-state index < -0.39 is 0 Å². The van der Waals surface area contributed by atoms with Crippen molar-refractivity contribution in [3.8, 4) is 0 Å². The third-order valence-electron chi connectivity index (χ3n) is 3.13. The second kappa shape index (κ2) is 8.32. The molecule has 0 heterocycles. The van der Waals surface area contributed by atoms with E-state index in [4.69, 9.17) is 11.5 Å². The molecule has 0 aliphatic heterocycles. The Morgan fingerprint density at radius 3 is 1.95 bits per heavy atom. The molecule has 4 N–H and O–H groups in total. The summed E-state index contributed by atoms with van der Waals surface area (Å²) < 4.78 is 2.05. The highest BCUT2D eigenvalue weighted by atomic mass is 79.9. The predicted molar refractivity (Wildman–Crippen MR) is 94.2 cm³/mol. The number of rotatable bonds is 2. The Morgan fingerprint density at radius 2 is 1.52 bits per heavy atom. The van der Waals surface area contributed by atoms with Crippen LogP contribution in [0, 0.1) is 13.8 Å². The number of benzene rings is 2. The van der Waals surface area contributed by atoms with Gasteiger partial charge in [-0.3, -0.25) is 4.79 Å². The van der Waals surface area contributed by atoms with Gasteiger partial charge in [0, 0.05) is 21.1 Å². The minimum Gasteiger partial charge on any atom is -0.366 e. The molecule has 0 aliphatic carbocycles. The number of carbonyl (C=O) groups excluding carboxylic acids is 1. The summed E-state index contributed by atoms with van der Waals surface area (Å²) in [5.41, 5.74) is 14.5. The lowest BCUT2D eigenvalue weighted by atomic mass is 10.1. The van der Waals surface area contributed by atoms with Crippen molar-refractivity contribution in [2.45, 2.75) is 20.4 Å². The third-order valence-corrected chi connectivity index (χ3v) is 4.85. The van der Waals surface area contributed by atoms with E-state index in [0.29, 0.717) is 12.1 Å². The molecule has 5 heteroatoms. The van der Waals surface area contributed by atoms with Gasteiger partial charge < -0.3 is 11.5 Å². The van der Waals surface area contributed by atoms with Crippen molar-refractivity contribution in [1.82, 2.24) is 0 Å². The van der Waals surface area contributed by atoms with E-state index in [2.05, 4.69) is 38.8 Å². The van der Waals surface area contributed by atoms with Gasteiger partial charge in [-0.05, 0) is 48.7 Å². The van der Waals surface area contributed by atoms with E-state index in [1.165, 1.54) is 11.1 Å². The van der Waals surface area contributed by atoms with Crippen molar-refractivity contribution >= 4 is 37.8 Å². The van der Waals surface area contributed by atoms with Gasteiger partial charge in [0.05, 0.1) is 0 Å². The first-order valence-corrected chi connectivity index (χ1v) is 7.96. The Kier molecular flexibility index (Phi) is 7.08. The third kappa shape index (κ3) is 4.95. The van der Waals surface area contributed by atoms with E-state index >= 15 is 0 Å². The predicted octanol–water partition coefficient (Wildman–Crippen LogP) is 4.07. The lowest BCUT2D eigenvalue weighted by Gasteiger charge is -2.02. The van der Waals surface area contributed by atoms with E-state index in [1.807, 2.05) is 31.2 Å². The minimum atomic E-state index is -0.385. The van der Waals surface area contributed by atoms with Gasteiger partial charge in [0.25, 0.3) is 0 Å². The van der Waals surface area contributed by atoms with Crippen LogP contribution in [0.15, 0.2) is 45.3 Å². The summed E-state index contributed by atoms with van der Waals surface area (Å²) in [5, 5.41) is 0. The zero-order valence-electron chi connectivity index (χ0n) is 12.0. The molecule has 0 atom stereocenters. The molecule has 0 saturated carbocycles. The van der Waals surface area contributed by atoms with Crippen LogP contribution >= 0.6 is 31.9 Å². The summed E-state index contributed by atoms with van der Waals surface area (Å²) in [6, 6.07) is 11.4. The molecule has 0 aliphatic rings. The number of hydrogen-bond donors (Lipinski definition) is 2. The second-order valence-corrected chi connectivity index (χ2v) is 6.21. The largest absolute Gasteiger partial charge is 0.366 e. The van der Waals surface area contributed by atoms with Gasteiger partial charge in [0.15, 0.2) is 0 Å². The molecular weight excluding hydrogens is 396 g/mol. The number of halogens is 2. The van der Waals surface area contributed by atoms with Gasteiger partial charge in [-0.1, -0.05) is 50.1 Å². The number of primary amides is 1. The molecule has 0 radical (unpaired) electrons. The van der Waals surface area contributed by atoms with Crippen molar-refractivity contribution in [3.05, 3.63) is 67.6 Å². The second-order valence-electron chi connectivity index (χ2n) is 4.50. The molecule has 0 fully saturated rings. The summed E-state index contributed by atoms with van der Waals surface area (Å²) in [7, 11) is 0. The highest BCUT2D eigenvalue weighted by Gasteiger charge is 2.05. The normalized spacial score (nSPS) is 9.76. The summed E-state index contributed by atoms with van der Waals surface area (Å²) in [6.45, 7) is 4.53. The van der Waals surface area contributed by atoms with Crippen molar-refractivity contribution in [3.63, 3.8) is 0 Å². The Morgan fingerprint density at radius 1 is 1.00 bits per heavy atom. The van der Waals surface area contributed by atoms with Crippen LogP contribution in [-0.2, 0) is 6.54 Å². The maximum Gasteiger partial charge on any atom is 0.249 e. The van der Waals surface area contributed by atoms with Crippen LogP contribution in [0.1, 0.15) is 27.0 Å². The summed E-state index contributed by atoms with van der Waals surface area (Å²) in [5.74, 6) is -0.385. The fourth-order valence-electron chi connectivity index (χ4n) is 1.75. The highest BCUT2D eigenvalue weighted by molar-refractivity contribution is 9.10. The van der Waals surface area contributed by atoms with Crippen molar-refractivity contribution < 1.29 is 4.79 Å². The lowest BCUT2D eigenvalue weighted by molar-refractivity contribution is 0.0999. The zero-order chi connectivity index (χ0) is 16.0. The molecule has 1 amide bonds. The van der Waals surface area contributed by atoms with Gasteiger partial charge in [-0.25, -0.2) is 0 Å². The van der Waals surface area contributed by atoms with E-state index in [0.717, 1.165) is 14.5 Å².